The van der Waals surface area contributed by atoms with Crippen molar-refractivity contribution in [3.63, 3.8) is 0 Å². The van der Waals surface area contributed by atoms with E-state index in [1.54, 1.807) is 11.8 Å². The molecule has 0 spiro atoms. The van der Waals surface area contributed by atoms with Crippen molar-refractivity contribution in [1.82, 2.24) is 5.32 Å². The first-order valence-corrected chi connectivity index (χ1v) is 8.76. The molecule has 22 heavy (non-hydrogen) atoms. The number of benzene rings is 2. The van der Waals surface area contributed by atoms with E-state index in [0.717, 1.165) is 5.75 Å². The summed E-state index contributed by atoms with van der Waals surface area (Å²) in [5.41, 5.74) is 3.85. The molecule has 1 atom stereocenters. The molecule has 0 aliphatic carbocycles. The third-order valence-electron chi connectivity index (χ3n) is 3.73. The minimum Gasteiger partial charge on any atom is -0.355 e. The van der Waals surface area contributed by atoms with Crippen molar-refractivity contribution in [1.29, 1.82) is 0 Å². The molecule has 1 N–H and O–H groups in total. The topological polar surface area (TPSA) is 29.1 Å². The molecule has 0 radical (unpaired) electrons. The summed E-state index contributed by atoms with van der Waals surface area (Å²) in [5, 5.41) is 3.02. The Labute approximate surface area is 137 Å². The predicted molar refractivity (Wildman–Crippen MR) is 95.2 cm³/mol. The Morgan fingerprint density at radius 3 is 2.50 bits per heavy atom. The maximum atomic E-state index is 11.9. The number of amides is 1. The van der Waals surface area contributed by atoms with Crippen LogP contribution in [0, 0.1) is 6.92 Å². The molecule has 0 bridgehead atoms. The van der Waals surface area contributed by atoms with Gasteiger partial charge in [-0.15, -0.1) is 11.8 Å². The lowest BCUT2D eigenvalue weighted by atomic mass is 10.0. The van der Waals surface area contributed by atoms with Crippen LogP contribution >= 0.6 is 11.8 Å². The van der Waals surface area contributed by atoms with Gasteiger partial charge in [0, 0.05) is 12.3 Å². The highest BCUT2D eigenvalue weighted by atomic mass is 32.2. The number of aryl methyl sites for hydroxylation is 1. The van der Waals surface area contributed by atoms with E-state index in [-0.39, 0.29) is 5.91 Å². The predicted octanol–water partition coefficient (Wildman–Crippen LogP) is 4.15. The van der Waals surface area contributed by atoms with Crippen LogP contribution in [-0.4, -0.2) is 18.2 Å². The number of nitrogens with one attached hydrogen (secondary N) is 1. The van der Waals surface area contributed by atoms with Crippen LogP contribution in [0.3, 0.4) is 0 Å². The minimum absolute atomic E-state index is 0.112. The van der Waals surface area contributed by atoms with Crippen LogP contribution in [0.4, 0.5) is 0 Å². The summed E-state index contributed by atoms with van der Waals surface area (Å²) < 4.78 is 0. The lowest BCUT2D eigenvalue weighted by Gasteiger charge is -2.13. The summed E-state index contributed by atoms with van der Waals surface area (Å²) in [4.78, 5) is 11.9. The molecule has 0 aliphatic heterocycles. The molecule has 3 heteroatoms. The van der Waals surface area contributed by atoms with Gasteiger partial charge >= 0.3 is 0 Å². The van der Waals surface area contributed by atoms with E-state index in [1.165, 1.54) is 16.7 Å². The molecule has 0 saturated heterocycles. The summed E-state index contributed by atoms with van der Waals surface area (Å²) >= 11 is 1.66. The summed E-state index contributed by atoms with van der Waals surface area (Å²) in [7, 11) is 0. The first kappa shape index (κ1) is 16.6. The average molecular weight is 313 g/mol. The molecule has 0 heterocycles. The molecule has 0 aliphatic rings. The Morgan fingerprint density at radius 1 is 1.09 bits per heavy atom. The number of carbonyl (C=O) groups is 1. The van der Waals surface area contributed by atoms with Crippen LogP contribution in [0.25, 0.3) is 0 Å². The van der Waals surface area contributed by atoms with E-state index in [2.05, 4.69) is 43.4 Å². The fraction of sp³-hybridized carbons (Fsp3) is 0.316. The van der Waals surface area contributed by atoms with Gasteiger partial charge in [-0.2, -0.15) is 0 Å². The van der Waals surface area contributed by atoms with Crippen LogP contribution in [0.5, 0.6) is 0 Å². The number of carbonyl (C=O) groups excluding carboxylic acids is 1. The van der Waals surface area contributed by atoms with E-state index in [4.69, 9.17) is 0 Å². The third kappa shape index (κ3) is 5.23. The summed E-state index contributed by atoms with van der Waals surface area (Å²) in [6.07, 6.45) is 0. The minimum atomic E-state index is 0.112. The fourth-order valence-corrected chi connectivity index (χ4v) is 3.18. The molecule has 2 nitrogen and oxygen atoms in total. The van der Waals surface area contributed by atoms with Crippen LogP contribution in [0.2, 0.25) is 0 Å². The summed E-state index contributed by atoms with van der Waals surface area (Å²) in [6, 6.07) is 18.6. The molecule has 2 rings (SSSR count). The highest BCUT2D eigenvalue weighted by Crippen LogP contribution is 2.16. The monoisotopic (exact) mass is 313 g/mol. The van der Waals surface area contributed by atoms with Crippen molar-refractivity contribution in [3.05, 3.63) is 71.3 Å². The normalized spacial score (nSPS) is 11.9. The second-order valence-corrected chi connectivity index (χ2v) is 6.52. The van der Waals surface area contributed by atoms with Crippen molar-refractivity contribution < 1.29 is 4.79 Å². The second kappa shape index (κ2) is 8.64. The smallest absolute Gasteiger partial charge is 0.230 e. The largest absolute Gasteiger partial charge is 0.355 e. The van der Waals surface area contributed by atoms with Gasteiger partial charge in [0.25, 0.3) is 0 Å². The van der Waals surface area contributed by atoms with Crippen LogP contribution in [0.15, 0.2) is 54.6 Å². The van der Waals surface area contributed by atoms with Gasteiger partial charge in [-0.1, -0.05) is 61.5 Å². The summed E-state index contributed by atoms with van der Waals surface area (Å²) in [6.45, 7) is 4.93. The average Bonchev–Trinajstić information content (AvgIpc) is 2.55. The Bertz CT molecular complexity index is 597. The van der Waals surface area contributed by atoms with Gasteiger partial charge in [-0.05, 0) is 29.5 Å². The van der Waals surface area contributed by atoms with Crippen molar-refractivity contribution >= 4 is 17.7 Å². The van der Waals surface area contributed by atoms with Crippen LogP contribution in [-0.2, 0) is 10.5 Å². The first-order valence-electron chi connectivity index (χ1n) is 7.60. The van der Waals surface area contributed by atoms with E-state index in [1.807, 2.05) is 30.3 Å². The SMILES string of the molecule is Cc1ccccc1CSCC(=O)NC[C@@H](C)c1ccccc1. The van der Waals surface area contributed by atoms with Gasteiger partial charge in [0.15, 0.2) is 0 Å². The number of hydrogen-bond donors (Lipinski definition) is 1. The third-order valence-corrected chi connectivity index (χ3v) is 4.71. The quantitative estimate of drug-likeness (QED) is 0.832. The number of hydrogen-bond acceptors (Lipinski definition) is 2. The van der Waals surface area contributed by atoms with Crippen molar-refractivity contribution in [2.75, 3.05) is 12.3 Å². The van der Waals surface area contributed by atoms with E-state index in [9.17, 15) is 4.79 Å². The maximum absolute atomic E-state index is 11.9. The van der Waals surface area contributed by atoms with Gasteiger partial charge in [-0.25, -0.2) is 0 Å². The van der Waals surface area contributed by atoms with Gasteiger partial charge in [0.2, 0.25) is 5.91 Å². The molecular formula is C19H23NOS. The highest BCUT2D eigenvalue weighted by Gasteiger charge is 2.08. The molecule has 1 amide bonds. The van der Waals surface area contributed by atoms with Gasteiger partial charge in [0.05, 0.1) is 5.75 Å². The molecule has 0 aromatic heterocycles. The molecule has 2 aromatic rings. The van der Waals surface area contributed by atoms with Crippen molar-refractivity contribution in [2.24, 2.45) is 0 Å². The molecular weight excluding hydrogens is 290 g/mol. The number of rotatable bonds is 7. The van der Waals surface area contributed by atoms with Crippen molar-refractivity contribution in [2.45, 2.75) is 25.5 Å². The first-order chi connectivity index (χ1) is 10.7. The molecule has 116 valence electrons. The lowest BCUT2D eigenvalue weighted by molar-refractivity contribution is -0.118. The van der Waals surface area contributed by atoms with E-state index in [0.29, 0.717) is 18.2 Å². The fourth-order valence-electron chi connectivity index (χ4n) is 2.24. The van der Waals surface area contributed by atoms with Crippen LogP contribution in [0.1, 0.15) is 29.5 Å². The highest BCUT2D eigenvalue weighted by molar-refractivity contribution is 7.99. The molecule has 2 aromatic carbocycles. The Morgan fingerprint density at radius 2 is 1.77 bits per heavy atom. The Hall–Kier alpha value is -1.74. The van der Waals surface area contributed by atoms with Crippen LogP contribution < -0.4 is 5.32 Å². The Kier molecular flexibility index (Phi) is 6.53. The van der Waals surface area contributed by atoms with Gasteiger partial charge < -0.3 is 5.32 Å². The zero-order chi connectivity index (χ0) is 15.8. The second-order valence-electron chi connectivity index (χ2n) is 5.54. The molecule has 0 saturated carbocycles. The Balaban J connectivity index is 1.69. The van der Waals surface area contributed by atoms with Crippen molar-refractivity contribution in [3.8, 4) is 0 Å². The zero-order valence-electron chi connectivity index (χ0n) is 13.2. The standard InChI is InChI=1S/C19H23NOS/c1-15-8-6-7-11-18(15)13-22-14-19(21)20-12-16(2)17-9-4-3-5-10-17/h3-11,16H,12-14H2,1-2H3,(H,20,21)/t16-/m1/s1. The molecule has 0 unspecified atom stereocenters. The zero-order valence-corrected chi connectivity index (χ0v) is 14.0. The number of thioether (sulfide) groups is 1. The van der Waals surface area contributed by atoms with E-state index < -0.39 is 0 Å². The molecule has 0 fully saturated rings. The lowest BCUT2D eigenvalue weighted by Crippen LogP contribution is -2.29. The van der Waals surface area contributed by atoms with Gasteiger partial charge in [0.1, 0.15) is 0 Å². The van der Waals surface area contributed by atoms with E-state index >= 15 is 0 Å². The van der Waals surface area contributed by atoms with Gasteiger partial charge in [-0.3, -0.25) is 4.79 Å². The summed E-state index contributed by atoms with van der Waals surface area (Å²) in [5.74, 6) is 1.84. The maximum Gasteiger partial charge on any atom is 0.230 e.